The number of carbonyl (C=O) groups excluding carboxylic acids is 1. The predicted octanol–water partition coefficient (Wildman–Crippen LogP) is 5.19. The molecule has 34 heavy (non-hydrogen) atoms. The van der Waals surface area contributed by atoms with Crippen LogP contribution in [0.5, 0.6) is 11.5 Å². The second kappa shape index (κ2) is 9.07. The highest BCUT2D eigenvalue weighted by molar-refractivity contribution is 6.31. The van der Waals surface area contributed by atoms with Gasteiger partial charge in [-0.2, -0.15) is 0 Å². The van der Waals surface area contributed by atoms with E-state index in [1.54, 1.807) is 12.3 Å². The van der Waals surface area contributed by atoms with Gasteiger partial charge in [-0.3, -0.25) is 4.79 Å². The molecule has 6 rings (SSSR count). The van der Waals surface area contributed by atoms with Crippen LogP contribution in [0.4, 0.5) is 8.78 Å². The van der Waals surface area contributed by atoms with Gasteiger partial charge in [0.2, 0.25) is 0 Å². The van der Waals surface area contributed by atoms with Crippen molar-refractivity contribution in [2.75, 3.05) is 6.61 Å². The van der Waals surface area contributed by atoms with Crippen LogP contribution >= 0.6 is 23.2 Å². The molecule has 1 amide bonds. The van der Waals surface area contributed by atoms with Gasteiger partial charge in [-0.1, -0.05) is 23.2 Å². The molecular formula is C24H21Cl2F2N3O3. The van der Waals surface area contributed by atoms with Gasteiger partial charge < -0.3 is 19.8 Å². The summed E-state index contributed by atoms with van der Waals surface area (Å²) in [4.78, 5) is 20.2. The molecule has 3 aliphatic rings. The fourth-order valence-electron chi connectivity index (χ4n) is 4.84. The van der Waals surface area contributed by atoms with Gasteiger partial charge in [0, 0.05) is 23.6 Å². The molecule has 0 saturated heterocycles. The first-order valence-electron chi connectivity index (χ1n) is 10.8. The molecule has 10 heteroatoms. The second-order valence-electron chi connectivity index (χ2n) is 8.81. The SMILES string of the molecule is O=C(COc1ccc(Cl)c(F)c1)N[C@@H]1CC2(c3ncc(COc4ccc(Cl)c(F)c4)[nH]3)CC1C2. The van der Waals surface area contributed by atoms with Crippen molar-refractivity contribution < 1.29 is 23.0 Å². The normalized spacial score (nSPS) is 22.8. The number of rotatable bonds is 8. The standard InChI is InChI=1S/C24H21Cl2F2N3O3/c25-17-3-1-15(5-19(17)27)33-11-14-10-29-23(30-14)24-7-13(8-24)21(9-24)31-22(32)12-34-16-2-4-18(26)20(28)6-16/h1-6,10,13,21H,7-9,11-12H2,(H,29,30)(H,31,32)/t13?,21-,24?/m1/s1. The van der Waals surface area contributed by atoms with E-state index in [4.69, 9.17) is 32.7 Å². The largest absolute Gasteiger partial charge is 0.487 e. The minimum Gasteiger partial charge on any atom is -0.487 e. The average molecular weight is 508 g/mol. The summed E-state index contributed by atoms with van der Waals surface area (Å²) >= 11 is 11.4. The molecule has 1 heterocycles. The lowest BCUT2D eigenvalue weighted by molar-refractivity contribution is -0.124. The van der Waals surface area contributed by atoms with Gasteiger partial charge in [0.25, 0.3) is 5.91 Å². The van der Waals surface area contributed by atoms with Crippen LogP contribution in [0, 0.1) is 17.6 Å². The lowest BCUT2D eigenvalue weighted by Crippen LogP contribution is -2.40. The Morgan fingerprint density at radius 2 is 1.71 bits per heavy atom. The Kier molecular flexibility index (Phi) is 6.12. The van der Waals surface area contributed by atoms with E-state index in [0.717, 1.165) is 36.8 Å². The Morgan fingerprint density at radius 3 is 2.35 bits per heavy atom. The summed E-state index contributed by atoms with van der Waals surface area (Å²) in [6.45, 7) is 0.0151. The van der Waals surface area contributed by atoms with Gasteiger partial charge in [0.1, 0.15) is 35.6 Å². The first-order chi connectivity index (χ1) is 16.3. The fraction of sp³-hybridized carbons (Fsp3) is 0.333. The van der Waals surface area contributed by atoms with E-state index >= 15 is 0 Å². The quantitative estimate of drug-likeness (QED) is 0.439. The summed E-state index contributed by atoms with van der Waals surface area (Å²) < 4.78 is 38.1. The number of fused-ring (bicyclic) bond motifs is 1. The molecule has 178 valence electrons. The smallest absolute Gasteiger partial charge is 0.258 e. The minimum atomic E-state index is -0.596. The van der Waals surface area contributed by atoms with Crippen LogP contribution in [0.3, 0.4) is 0 Å². The number of hydrogen-bond acceptors (Lipinski definition) is 4. The number of halogens is 4. The monoisotopic (exact) mass is 507 g/mol. The molecule has 6 nitrogen and oxygen atoms in total. The van der Waals surface area contributed by atoms with Crippen molar-refractivity contribution in [1.82, 2.24) is 15.3 Å². The van der Waals surface area contributed by atoms with Crippen molar-refractivity contribution in [3.8, 4) is 11.5 Å². The Labute approximate surface area is 204 Å². The lowest BCUT2D eigenvalue weighted by Gasteiger charge is -2.36. The molecular weight excluding hydrogens is 487 g/mol. The zero-order valence-electron chi connectivity index (χ0n) is 17.9. The second-order valence-corrected chi connectivity index (χ2v) is 9.63. The summed E-state index contributed by atoms with van der Waals surface area (Å²) in [6.07, 6.45) is 4.35. The third-order valence-corrected chi connectivity index (χ3v) is 7.12. The van der Waals surface area contributed by atoms with Gasteiger partial charge in [-0.25, -0.2) is 13.8 Å². The van der Waals surface area contributed by atoms with Crippen LogP contribution in [-0.2, 0) is 16.8 Å². The van der Waals surface area contributed by atoms with Crippen LogP contribution < -0.4 is 14.8 Å². The van der Waals surface area contributed by atoms with Crippen molar-refractivity contribution in [3.05, 3.63) is 75.8 Å². The first-order valence-corrected chi connectivity index (χ1v) is 11.6. The van der Waals surface area contributed by atoms with Crippen LogP contribution in [0.1, 0.15) is 30.8 Å². The fourth-order valence-corrected chi connectivity index (χ4v) is 5.07. The Bertz CT molecular complexity index is 1230. The summed E-state index contributed by atoms with van der Waals surface area (Å²) in [5.41, 5.74) is 0.673. The number of imidazole rings is 1. The Morgan fingerprint density at radius 1 is 1.06 bits per heavy atom. The zero-order valence-corrected chi connectivity index (χ0v) is 19.4. The van der Waals surface area contributed by atoms with Gasteiger partial charge in [0.15, 0.2) is 6.61 Å². The van der Waals surface area contributed by atoms with E-state index in [2.05, 4.69) is 15.3 Å². The molecule has 0 aliphatic heterocycles. The number of carbonyl (C=O) groups is 1. The molecule has 1 atom stereocenters. The highest BCUT2D eigenvalue weighted by Crippen LogP contribution is 2.59. The third kappa shape index (κ3) is 4.57. The molecule has 1 aromatic heterocycles. The molecule has 0 spiro atoms. The van der Waals surface area contributed by atoms with Crippen molar-refractivity contribution >= 4 is 29.1 Å². The Balaban J connectivity index is 1.13. The summed E-state index contributed by atoms with van der Waals surface area (Å²) in [5.74, 6) is 0.484. The Hall–Kier alpha value is -2.84. The van der Waals surface area contributed by atoms with Gasteiger partial charge in [-0.05, 0) is 49.4 Å². The number of nitrogens with zero attached hydrogens (tertiary/aromatic N) is 1. The van der Waals surface area contributed by atoms with Crippen LogP contribution in [0.2, 0.25) is 10.0 Å². The maximum absolute atomic E-state index is 13.6. The van der Waals surface area contributed by atoms with E-state index in [0.29, 0.717) is 11.7 Å². The van der Waals surface area contributed by atoms with Crippen molar-refractivity contribution in [1.29, 1.82) is 0 Å². The average Bonchev–Trinajstić information content (AvgIpc) is 3.48. The molecule has 3 fully saturated rings. The molecule has 0 radical (unpaired) electrons. The van der Waals surface area contributed by atoms with Crippen LogP contribution in [0.15, 0.2) is 42.6 Å². The lowest BCUT2D eigenvalue weighted by atomic mass is 9.69. The van der Waals surface area contributed by atoms with Crippen molar-refractivity contribution in [2.24, 2.45) is 5.92 Å². The number of nitrogens with one attached hydrogen (secondary N) is 2. The number of hydrogen-bond donors (Lipinski definition) is 2. The van der Waals surface area contributed by atoms with E-state index in [-0.39, 0.29) is 46.4 Å². The number of ether oxygens (including phenoxy) is 2. The molecule has 2 N–H and O–H groups in total. The maximum Gasteiger partial charge on any atom is 0.258 e. The number of amides is 1. The number of aromatic amines is 1. The van der Waals surface area contributed by atoms with Crippen LogP contribution in [0.25, 0.3) is 0 Å². The predicted molar refractivity (Wildman–Crippen MR) is 122 cm³/mol. The molecule has 3 aliphatic carbocycles. The van der Waals surface area contributed by atoms with Crippen molar-refractivity contribution in [2.45, 2.75) is 37.3 Å². The van der Waals surface area contributed by atoms with Gasteiger partial charge in [-0.15, -0.1) is 0 Å². The van der Waals surface area contributed by atoms with E-state index in [1.807, 2.05) is 0 Å². The molecule has 2 aromatic carbocycles. The minimum absolute atomic E-state index is 0.000599. The van der Waals surface area contributed by atoms with Gasteiger partial charge in [0.05, 0.1) is 21.9 Å². The third-order valence-electron chi connectivity index (χ3n) is 6.51. The zero-order chi connectivity index (χ0) is 23.9. The maximum atomic E-state index is 13.6. The molecule has 2 bridgehead atoms. The van der Waals surface area contributed by atoms with Crippen LogP contribution in [-0.4, -0.2) is 28.5 Å². The first kappa shape index (κ1) is 22.9. The van der Waals surface area contributed by atoms with Gasteiger partial charge >= 0.3 is 0 Å². The molecule has 3 aromatic rings. The summed E-state index contributed by atoms with van der Waals surface area (Å²) in [5, 5.41) is 3.07. The van der Waals surface area contributed by atoms with E-state index in [1.165, 1.54) is 24.3 Å². The number of H-pyrrole nitrogens is 1. The summed E-state index contributed by atoms with van der Waals surface area (Å²) in [6, 6.07) is 8.38. The number of aromatic nitrogens is 2. The highest BCUT2D eigenvalue weighted by Gasteiger charge is 2.58. The number of benzene rings is 2. The molecule has 0 unspecified atom stereocenters. The molecule has 3 saturated carbocycles. The topological polar surface area (TPSA) is 76.2 Å². The van der Waals surface area contributed by atoms with E-state index < -0.39 is 11.6 Å². The van der Waals surface area contributed by atoms with E-state index in [9.17, 15) is 13.6 Å². The highest BCUT2D eigenvalue weighted by atomic mass is 35.5. The summed E-state index contributed by atoms with van der Waals surface area (Å²) in [7, 11) is 0. The van der Waals surface area contributed by atoms with Crippen molar-refractivity contribution in [3.63, 3.8) is 0 Å².